The highest BCUT2D eigenvalue weighted by Gasteiger charge is 2.14. The molecule has 10 heteroatoms. The molecule has 1 heterocycles. The molecule has 174 valence electrons. The van der Waals surface area contributed by atoms with Crippen LogP contribution in [-0.2, 0) is 17.8 Å². The molecule has 0 atom stereocenters. The highest BCUT2D eigenvalue weighted by Crippen LogP contribution is 2.22. The van der Waals surface area contributed by atoms with Crippen molar-refractivity contribution in [1.29, 1.82) is 0 Å². The van der Waals surface area contributed by atoms with Crippen LogP contribution in [0.15, 0.2) is 47.6 Å². The first kappa shape index (κ1) is 24.6. The van der Waals surface area contributed by atoms with Crippen LogP contribution in [0.3, 0.4) is 0 Å². The maximum Gasteiger partial charge on any atom is 0.251 e. The molecule has 0 aliphatic heterocycles. The molecule has 1 aromatic heterocycles. The number of nitrogens with zero attached hydrogens (tertiary/aromatic N) is 3. The van der Waals surface area contributed by atoms with Crippen LogP contribution in [0, 0.1) is 6.92 Å². The van der Waals surface area contributed by atoms with E-state index >= 15 is 0 Å². The molecule has 0 saturated heterocycles. The van der Waals surface area contributed by atoms with Gasteiger partial charge < -0.3 is 19.9 Å². The number of aromatic nitrogens is 3. The van der Waals surface area contributed by atoms with Crippen molar-refractivity contribution >= 4 is 40.9 Å². The molecule has 0 aliphatic rings. The number of methoxy groups -OCH3 is 1. The van der Waals surface area contributed by atoms with Crippen LogP contribution in [-0.4, -0.2) is 46.0 Å². The number of carbonyl (C=O) groups is 2. The summed E-state index contributed by atoms with van der Waals surface area (Å²) < 4.78 is 7.05. The summed E-state index contributed by atoms with van der Waals surface area (Å²) in [7, 11) is 1.58. The lowest BCUT2D eigenvalue weighted by Crippen LogP contribution is -2.26. The van der Waals surface area contributed by atoms with Crippen molar-refractivity contribution in [2.24, 2.45) is 0 Å². The zero-order chi connectivity index (χ0) is 23.8. The third kappa shape index (κ3) is 6.72. The van der Waals surface area contributed by atoms with Gasteiger partial charge in [-0.25, -0.2) is 0 Å². The van der Waals surface area contributed by atoms with Gasteiger partial charge in [-0.2, -0.15) is 0 Å². The summed E-state index contributed by atoms with van der Waals surface area (Å²) in [5.41, 5.74) is 2.19. The van der Waals surface area contributed by atoms with Crippen molar-refractivity contribution in [1.82, 2.24) is 20.1 Å². The van der Waals surface area contributed by atoms with Crippen LogP contribution >= 0.6 is 23.4 Å². The van der Waals surface area contributed by atoms with Gasteiger partial charge in [0.1, 0.15) is 11.6 Å². The summed E-state index contributed by atoms with van der Waals surface area (Å²) in [5.74, 6) is 1.33. The van der Waals surface area contributed by atoms with Crippen molar-refractivity contribution in [3.63, 3.8) is 0 Å². The molecule has 8 nitrogen and oxygen atoms in total. The quantitative estimate of drug-likeness (QED) is 0.420. The molecule has 0 fully saturated rings. The van der Waals surface area contributed by atoms with Crippen molar-refractivity contribution in [2.75, 3.05) is 24.7 Å². The fraction of sp³-hybridized carbons (Fsp3) is 0.304. The molecule has 0 radical (unpaired) electrons. The second-order valence-corrected chi connectivity index (χ2v) is 8.55. The van der Waals surface area contributed by atoms with Gasteiger partial charge in [0.05, 0.1) is 12.9 Å². The van der Waals surface area contributed by atoms with E-state index in [4.69, 9.17) is 16.3 Å². The van der Waals surface area contributed by atoms with E-state index in [1.165, 1.54) is 11.8 Å². The Labute approximate surface area is 202 Å². The number of halogens is 1. The minimum absolute atomic E-state index is 0.149. The van der Waals surface area contributed by atoms with Crippen LogP contribution in [0.25, 0.3) is 0 Å². The number of hydrogen-bond acceptors (Lipinski definition) is 6. The molecule has 3 rings (SSSR count). The topological polar surface area (TPSA) is 98.1 Å². The number of anilines is 1. The third-order valence-electron chi connectivity index (χ3n) is 4.90. The van der Waals surface area contributed by atoms with Gasteiger partial charge in [0.2, 0.25) is 5.91 Å². The van der Waals surface area contributed by atoms with E-state index in [0.29, 0.717) is 46.7 Å². The zero-order valence-corrected chi connectivity index (χ0v) is 20.3. The minimum Gasteiger partial charge on any atom is -0.497 e. The van der Waals surface area contributed by atoms with Crippen LogP contribution in [0.1, 0.15) is 28.7 Å². The summed E-state index contributed by atoms with van der Waals surface area (Å²) >= 11 is 7.33. The average molecular weight is 488 g/mol. The van der Waals surface area contributed by atoms with Crippen molar-refractivity contribution in [2.45, 2.75) is 32.0 Å². The van der Waals surface area contributed by atoms with Gasteiger partial charge in [-0.3, -0.25) is 9.59 Å². The number of nitrogens with one attached hydrogen (secondary N) is 2. The van der Waals surface area contributed by atoms with Crippen LogP contribution < -0.4 is 15.4 Å². The Bertz CT molecular complexity index is 1120. The molecule has 0 unspecified atom stereocenters. The van der Waals surface area contributed by atoms with Gasteiger partial charge >= 0.3 is 0 Å². The lowest BCUT2D eigenvalue weighted by molar-refractivity contribution is -0.113. The number of carbonyl (C=O) groups excluding carboxylic acids is 2. The third-order valence-corrected chi connectivity index (χ3v) is 6.10. The Morgan fingerprint density at radius 1 is 1.15 bits per heavy atom. The van der Waals surface area contributed by atoms with Gasteiger partial charge in [-0.1, -0.05) is 29.4 Å². The van der Waals surface area contributed by atoms with E-state index in [-0.39, 0.29) is 17.6 Å². The van der Waals surface area contributed by atoms with Crippen molar-refractivity contribution in [3.8, 4) is 5.75 Å². The molecule has 2 aromatic carbocycles. The smallest absolute Gasteiger partial charge is 0.251 e. The van der Waals surface area contributed by atoms with E-state index < -0.39 is 0 Å². The van der Waals surface area contributed by atoms with Gasteiger partial charge in [0.15, 0.2) is 5.16 Å². The zero-order valence-electron chi connectivity index (χ0n) is 18.7. The highest BCUT2D eigenvalue weighted by atomic mass is 35.5. The number of rotatable bonds is 10. The highest BCUT2D eigenvalue weighted by molar-refractivity contribution is 7.99. The number of ether oxygens (including phenoxy) is 1. The van der Waals surface area contributed by atoms with Gasteiger partial charge in [0, 0.05) is 35.8 Å². The molecular formula is C23H26ClN5O3S. The molecule has 3 aromatic rings. The van der Waals surface area contributed by atoms with Crippen molar-refractivity contribution < 1.29 is 14.3 Å². The maximum atomic E-state index is 12.4. The van der Waals surface area contributed by atoms with Crippen LogP contribution in [0.2, 0.25) is 5.02 Å². The van der Waals surface area contributed by atoms with E-state index in [2.05, 4.69) is 20.8 Å². The predicted octanol–water partition coefficient (Wildman–Crippen LogP) is 3.97. The lowest BCUT2D eigenvalue weighted by atomic mass is 10.2. The molecule has 33 heavy (non-hydrogen) atoms. The predicted molar refractivity (Wildman–Crippen MR) is 130 cm³/mol. The monoisotopic (exact) mass is 487 g/mol. The van der Waals surface area contributed by atoms with E-state index in [1.807, 2.05) is 24.5 Å². The first-order chi connectivity index (χ1) is 15.9. The summed E-state index contributed by atoms with van der Waals surface area (Å²) in [6, 6.07) is 12.3. The van der Waals surface area contributed by atoms with Crippen LogP contribution in [0.4, 0.5) is 5.69 Å². The Balaban J connectivity index is 1.52. The summed E-state index contributed by atoms with van der Waals surface area (Å²) in [6.07, 6.45) is 0.525. The minimum atomic E-state index is -0.164. The second kappa shape index (κ2) is 11.7. The Kier molecular flexibility index (Phi) is 8.73. The van der Waals surface area contributed by atoms with Crippen molar-refractivity contribution in [3.05, 3.63) is 64.4 Å². The van der Waals surface area contributed by atoms with Gasteiger partial charge in [-0.05, 0) is 55.8 Å². The second-order valence-electron chi connectivity index (χ2n) is 7.17. The Morgan fingerprint density at radius 3 is 2.61 bits per heavy atom. The standard InChI is InChI=1S/C23H26ClN5O3S/c1-4-29-20(11-12-25-22(31)16-6-9-18(32-3)10-7-16)27-28-23(29)33-14-21(30)26-19-13-17(24)8-5-15(19)2/h5-10,13H,4,11-12,14H2,1-3H3,(H,25,31)(H,26,30). The van der Waals surface area contributed by atoms with E-state index in [1.54, 1.807) is 43.5 Å². The van der Waals surface area contributed by atoms with Gasteiger partial charge in [0.25, 0.3) is 5.91 Å². The molecule has 0 spiro atoms. The fourth-order valence-corrected chi connectivity index (χ4v) is 4.10. The van der Waals surface area contributed by atoms with Crippen LogP contribution in [0.5, 0.6) is 5.75 Å². The largest absolute Gasteiger partial charge is 0.497 e. The number of benzene rings is 2. The number of hydrogen-bond donors (Lipinski definition) is 2. The number of thioether (sulfide) groups is 1. The normalized spacial score (nSPS) is 10.7. The molecule has 0 saturated carbocycles. The number of amides is 2. The lowest BCUT2D eigenvalue weighted by Gasteiger charge is -2.10. The maximum absolute atomic E-state index is 12.4. The fourth-order valence-electron chi connectivity index (χ4n) is 3.11. The first-order valence-corrected chi connectivity index (χ1v) is 11.8. The average Bonchev–Trinajstić information content (AvgIpc) is 3.21. The molecule has 0 bridgehead atoms. The summed E-state index contributed by atoms with van der Waals surface area (Å²) in [4.78, 5) is 24.7. The first-order valence-electron chi connectivity index (χ1n) is 10.4. The Hall–Kier alpha value is -3.04. The summed E-state index contributed by atoms with van der Waals surface area (Å²) in [5, 5.41) is 15.5. The van der Waals surface area contributed by atoms with E-state index in [9.17, 15) is 9.59 Å². The number of aryl methyl sites for hydroxylation is 1. The molecule has 2 N–H and O–H groups in total. The van der Waals surface area contributed by atoms with E-state index in [0.717, 1.165) is 11.4 Å². The molecule has 0 aliphatic carbocycles. The molecular weight excluding hydrogens is 462 g/mol. The molecule has 2 amide bonds. The SMILES string of the molecule is CCn1c(CCNC(=O)c2ccc(OC)cc2)nnc1SCC(=O)Nc1cc(Cl)ccc1C. The summed E-state index contributed by atoms with van der Waals surface area (Å²) in [6.45, 7) is 4.98. The van der Waals surface area contributed by atoms with Gasteiger partial charge in [-0.15, -0.1) is 10.2 Å². The Morgan fingerprint density at radius 2 is 1.91 bits per heavy atom.